The first-order chi connectivity index (χ1) is 14.0. The van der Waals surface area contributed by atoms with E-state index in [9.17, 15) is 4.79 Å². The summed E-state index contributed by atoms with van der Waals surface area (Å²) >= 11 is 0. The molecular weight excluding hydrogens is 368 g/mol. The number of fused-ring (bicyclic) bond motifs is 1. The lowest BCUT2D eigenvalue weighted by Gasteiger charge is -2.35. The van der Waals surface area contributed by atoms with Crippen molar-refractivity contribution < 1.29 is 23.9 Å². The molecular formula is C23H31N2O4+. The molecule has 0 bridgehead atoms. The molecule has 1 heterocycles. The quantitative estimate of drug-likeness (QED) is 0.706. The maximum atomic E-state index is 12.0. The first-order valence-corrected chi connectivity index (χ1v) is 9.96. The Hall–Kier alpha value is -2.57. The lowest BCUT2D eigenvalue weighted by atomic mass is 9.91. The van der Waals surface area contributed by atoms with Crippen LogP contribution in [-0.2, 0) is 22.5 Å². The standard InChI is InChI=1S/C23H30N2O4/c1-16-5-7-17(8-6-16)14-25-10-9-18-11-21(28-3)22(29-4)12-19(18)20(25)13-24-23(26)15-27-2/h5-8,11-12,20H,9-10,13-15H2,1-4H3,(H,24,26)/p+1/t20-/m0/s1. The van der Waals surface area contributed by atoms with Crippen molar-refractivity contribution in [3.05, 3.63) is 58.7 Å². The number of benzene rings is 2. The van der Waals surface area contributed by atoms with Gasteiger partial charge in [-0.1, -0.05) is 29.8 Å². The Bertz CT molecular complexity index is 836. The number of aryl methyl sites for hydroxylation is 1. The van der Waals surface area contributed by atoms with Crippen LogP contribution in [0, 0.1) is 6.92 Å². The van der Waals surface area contributed by atoms with Gasteiger partial charge < -0.3 is 24.4 Å². The van der Waals surface area contributed by atoms with Gasteiger partial charge in [0.05, 0.1) is 27.3 Å². The van der Waals surface area contributed by atoms with Crippen molar-refractivity contribution in [1.82, 2.24) is 5.32 Å². The second-order valence-corrected chi connectivity index (χ2v) is 7.52. The van der Waals surface area contributed by atoms with Crippen LogP contribution in [-0.4, -0.2) is 46.9 Å². The van der Waals surface area contributed by atoms with E-state index in [0.29, 0.717) is 6.54 Å². The minimum absolute atomic E-state index is 0.0683. The summed E-state index contributed by atoms with van der Waals surface area (Å²) in [5.41, 5.74) is 5.01. The fourth-order valence-corrected chi connectivity index (χ4v) is 4.00. The second-order valence-electron chi connectivity index (χ2n) is 7.52. The summed E-state index contributed by atoms with van der Waals surface area (Å²) in [5, 5.41) is 3.03. The van der Waals surface area contributed by atoms with E-state index in [2.05, 4.69) is 48.6 Å². The molecule has 0 radical (unpaired) electrons. The molecule has 6 heteroatoms. The van der Waals surface area contributed by atoms with Crippen molar-refractivity contribution in [3.8, 4) is 11.5 Å². The molecule has 3 rings (SSSR count). The van der Waals surface area contributed by atoms with Gasteiger partial charge in [-0.15, -0.1) is 0 Å². The average molecular weight is 400 g/mol. The lowest BCUT2D eigenvalue weighted by molar-refractivity contribution is -0.945. The van der Waals surface area contributed by atoms with E-state index < -0.39 is 0 Å². The zero-order chi connectivity index (χ0) is 20.8. The average Bonchev–Trinajstić information content (AvgIpc) is 2.73. The number of amides is 1. The molecule has 2 aromatic carbocycles. The lowest BCUT2D eigenvalue weighted by Crippen LogP contribution is -3.12. The molecule has 1 aliphatic heterocycles. The maximum absolute atomic E-state index is 12.0. The number of carbonyl (C=O) groups is 1. The molecule has 0 aromatic heterocycles. The normalized spacial score (nSPS) is 18.1. The van der Waals surface area contributed by atoms with Crippen LogP contribution in [0.5, 0.6) is 11.5 Å². The molecule has 6 nitrogen and oxygen atoms in total. The number of methoxy groups -OCH3 is 3. The number of ether oxygens (including phenoxy) is 3. The topological polar surface area (TPSA) is 61.2 Å². The number of rotatable bonds is 8. The van der Waals surface area contributed by atoms with Crippen LogP contribution in [0.25, 0.3) is 0 Å². The van der Waals surface area contributed by atoms with Gasteiger partial charge in [0.25, 0.3) is 0 Å². The van der Waals surface area contributed by atoms with Crippen molar-refractivity contribution in [2.75, 3.05) is 41.0 Å². The number of hydrogen-bond acceptors (Lipinski definition) is 4. The summed E-state index contributed by atoms with van der Waals surface area (Å²) < 4.78 is 16.0. The van der Waals surface area contributed by atoms with Gasteiger partial charge in [-0.05, 0) is 24.6 Å². The minimum atomic E-state index is -0.102. The van der Waals surface area contributed by atoms with Crippen LogP contribution in [0.4, 0.5) is 0 Å². The minimum Gasteiger partial charge on any atom is -0.493 e. The largest absolute Gasteiger partial charge is 0.493 e. The Kier molecular flexibility index (Phi) is 7.12. The highest BCUT2D eigenvalue weighted by Crippen LogP contribution is 2.34. The summed E-state index contributed by atoms with van der Waals surface area (Å²) in [6.45, 7) is 4.60. The van der Waals surface area contributed by atoms with E-state index >= 15 is 0 Å². The molecule has 2 aromatic rings. The van der Waals surface area contributed by atoms with Gasteiger partial charge in [0.1, 0.15) is 19.2 Å². The molecule has 0 saturated carbocycles. The fraction of sp³-hybridized carbons (Fsp3) is 0.435. The summed E-state index contributed by atoms with van der Waals surface area (Å²) in [6, 6.07) is 12.9. The highest BCUT2D eigenvalue weighted by Gasteiger charge is 2.32. The van der Waals surface area contributed by atoms with E-state index in [1.54, 1.807) is 14.2 Å². The molecule has 0 saturated heterocycles. The second kappa shape index (κ2) is 9.76. The third-order valence-electron chi connectivity index (χ3n) is 5.56. The Morgan fingerprint density at radius 1 is 1.10 bits per heavy atom. The monoisotopic (exact) mass is 399 g/mol. The molecule has 1 unspecified atom stereocenters. The zero-order valence-corrected chi connectivity index (χ0v) is 17.7. The molecule has 1 aliphatic rings. The van der Waals surface area contributed by atoms with Gasteiger partial charge in [-0.2, -0.15) is 0 Å². The molecule has 0 spiro atoms. The van der Waals surface area contributed by atoms with Gasteiger partial charge >= 0.3 is 0 Å². The SMILES string of the molecule is COCC(=O)NC[C@H]1c2cc(OC)c(OC)cc2CC[NH+]1Cc1ccc(C)cc1. The number of quaternary nitrogens is 1. The van der Waals surface area contributed by atoms with Gasteiger partial charge in [-0.3, -0.25) is 4.79 Å². The van der Waals surface area contributed by atoms with Crippen LogP contribution in [0.1, 0.15) is 28.3 Å². The van der Waals surface area contributed by atoms with E-state index in [0.717, 1.165) is 31.0 Å². The molecule has 2 atom stereocenters. The van der Waals surface area contributed by atoms with E-state index in [1.807, 2.05) is 0 Å². The predicted octanol–water partition coefficient (Wildman–Crippen LogP) is 1.46. The van der Waals surface area contributed by atoms with Crippen LogP contribution >= 0.6 is 0 Å². The van der Waals surface area contributed by atoms with Crippen molar-refractivity contribution in [3.63, 3.8) is 0 Å². The highest BCUT2D eigenvalue weighted by molar-refractivity contribution is 5.77. The number of nitrogens with one attached hydrogen (secondary N) is 2. The Balaban J connectivity index is 1.89. The smallest absolute Gasteiger partial charge is 0.246 e. The molecule has 0 fully saturated rings. The zero-order valence-electron chi connectivity index (χ0n) is 17.7. The van der Waals surface area contributed by atoms with Crippen molar-refractivity contribution >= 4 is 5.91 Å². The third kappa shape index (κ3) is 5.08. The number of carbonyl (C=O) groups excluding carboxylic acids is 1. The first-order valence-electron chi connectivity index (χ1n) is 9.96. The molecule has 29 heavy (non-hydrogen) atoms. The van der Waals surface area contributed by atoms with Crippen molar-refractivity contribution in [2.45, 2.75) is 25.9 Å². The van der Waals surface area contributed by atoms with Gasteiger partial charge in [0, 0.05) is 24.7 Å². The summed E-state index contributed by atoms with van der Waals surface area (Å²) in [5.74, 6) is 1.36. The Morgan fingerprint density at radius 3 is 2.45 bits per heavy atom. The molecule has 1 amide bonds. The van der Waals surface area contributed by atoms with Gasteiger partial charge in [0.15, 0.2) is 11.5 Å². The summed E-state index contributed by atoms with van der Waals surface area (Å²) in [7, 11) is 4.84. The van der Waals surface area contributed by atoms with Crippen LogP contribution in [0.2, 0.25) is 0 Å². The predicted molar refractivity (Wildman–Crippen MR) is 112 cm³/mol. The fourth-order valence-electron chi connectivity index (χ4n) is 4.00. The molecule has 156 valence electrons. The van der Waals surface area contributed by atoms with E-state index in [4.69, 9.17) is 14.2 Å². The summed E-state index contributed by atoms with van der Waals surface area (Å²) in [6.07, 6.45) is 0.958. The van der Waals surface area contributed by atoms with Gasteiger partial charge in [-0.25, -0.2) is 0 Å². The van der Waals surface area contributed by atoms with Crippen molar-refractivity contribution in [1.29, 1.82) is 0 Å². The number of hydrogen-bond donors (Lipinski definition) is 2. The van der Waals surface area contributed by atoms with Crippen LogP contribution in [0.3, 0.4) is 0 Å². The Labute approximate surface area is 172 Å². The van der Waals surface area contributed by atoms with Crippen LogP contribution < -0.4 is 19.7 Å². The summed E-state index contributed by atoms with van der Waals surface area (Å²) in [4.78, 5) is 13.5. The van der Waals surface area contributed by atoms with Crippen LogP contribution in [0.15, 0.2) is 36.4 Å². The molecule has 2 N–H and O–H groups in total. The third-order valence-corrected chi connectivity index (χ3v) is 5.56. The first kappa shape index (κ1) is 21.1. The maximum Gasteiger partial charge on any atom is 0.246 e. The Morgan fingerprint density at radius 2 is 1.79 bits per heavy atom. The van der Waals surface area contributed by atoms with Crippen molar-refractivity contribution in [2.24, 2.45) is 0 Å². The molecule has 0 aliphatic carbocycles. The van der Waals surface area contributed by atoms with Gasteiger partial charge in [0.2, 0.25) is 5.91 Å². The van der Waals surface area contributed by atoms with E-state index in [1.165, 1.54) is 34.3 Å². The highest BCUT2D eigenvalue weighted by atomic mass is 16.5. The van der Waals surface area contributed by atoms with E-state index in [-0.39, 0.29) is 18.6 Å².